The van der Waals surface area contributed by atoms with E-state index in [2.05, 4.69) is 23.7 Å². The van der Waals surface area contributed by atoms with E-state index in [9.17, 15) is 0 Å². The van der Waals surface area contributed by atoms with Gasteiger partial charge in [-0.1, -0.05) is 12.2 Å². The van der Waals surface area contributed by atoms with Crippen LogP contribution in [0.4, 0.5) is 5.13 Å². The molecule has 0 fully saturated rings. The number of thiazole rings is 1. The fourth-order valence-corrected chi connectivity index (χ4v) is 2.15. The third-order valence-corrected chi connectivity index (χ3v) is 2.89. The van der Waals surface area contributed by atoms with Crippen LogP contribution in [0, 0.1) is 0 Å². The van der Waals surface area contributed by atoms with E-state index < -0.39 is 0 Å². The van der Waals surface area contributed by atoms with Gasteiger partial charge in [0.05, 0.1) is 0 Å². The minimum atomic E-state index is 0.370. The molecule has 0 aliphatic carbocycles. The Morgan fingerprint density at radius 2 is 2.23 bits per heavy atom. The number of hydrogen-bond acceptors (Lipinski definition) is 4. The van der Waals surface area contributed by atoms with Gasteiger partial charge in [-0.15, -0.1) is 11.3 Å². The summed E-state index contributed by atoms with van der Waals surface area (Å²) >= 11 is 6.42. The Kier molecular flexibility index (Phi) is 3.62. The zero-order chi connectivity index (χ0) is 9.84. The van der Waals surface area contributed by atoms with Crippen LogP contribution in [0.15, 0.2) is 5.38 Å². The molecule has 0 atom stereocenters. The van der Waals surface area contributed by atoms with Gasteiger partial charge in [0.1, 0.15) is 10.7 Å². The molecule has 0 aromatic carbocycles. The van der Waals surface area contributed by atoms with Gasteiger partial charge in [-0.25, -0.2) is 4.98 Å². The minimum absolute atomic E-state index is 0.370. The number of rotatable bonds is 4. The summed E-state index contributed by atoms with van der Waals surface area (Å²) in [7, 11) is 0. The van der Waals surface area contributed by atoms with E-state index in [1.165, 1.54) is 0 Å². The summed E-state index contributed by atoms with van der Waals surface area (Å²) in [5, 5.41) is 2.89. The maximum atomic E-state index is 5.47. The average molecular weight is 215 g/mol. The maximum absolute atomic E-state index is 5.47. The van der Waals surface area contributed by atoms with Crippen molar-refractivity contribution < 1.29 is 0 Å². The zero-order valence-corrected chi connectivity index (χ0v) is 9.41. The summed E-state index contributed by atoms with van der Waals surface area (Å²) in [6.45, 7) is 6.12. The van der Waals surface area contributed by atoms with Gasteiger partial charge in [0, 0.05) is 18.5 Å². The molecule has 13 heavy (non-hydrogen) atoms. The molecule has 2 N–H and O–H groups in total. The summed E-state index contributed by atoms with van der Waals surface area (Å²) in [5.74, 6) is 0. The predicted molar refractivity (Wildman–Crippen MR) is 61.6 cm³/mol. The van der Waals surface area contributed by atoms with Crippen LogP contribution in [0.5, 0.6) is 0 Å². The third kappa shape index (κ3) is 2.38. The van der Waals surface area contributed by atoms with Crippen LogP contribution in [0.2, 0.25) is 0 Å². The van der Waals surface area contributed by atoms with E-state index in [4.69, 9.17) is 18.0 Å². The van der Waals surface area contributed by atoms with Crippen molar-refractivity contribution in [2.75, 3.05) is 18.0 Å². The molecule has 0 amide bonds. The van der Waals surface area contributed by atoms with Crippen molar-refractivity contribution in [3.63, 3.8) is 0 Å². The first-order chi connectivity index (χ1) is 6.19. The van der Waals surface area contributed by atoms with E-state index in [1.54, 1.807) is 11.3 Å². The topological polar surface area (TPSA) is 42.2 Å². The lowest BCUT2D eigenvalue weighted by atomic mass is 10.5. The van der Waals surface area contributed by atoms with Gasteiger partial charge in [-0.05, 0) is 13.8 Å². The number of aromatic nitrogens is 1. The predicted octanol–water partition coefficient (Wildman–Crippen LogP) is 1.62. The Morgan fingerprint density at radius 1 is 1.62 bits per heavy atom. The first-order valence-corrected chi connectivity index (χ1v) is 5.48. The monoisotopic (exact) mass is 215 g/mol. The Morgan fingerprint density at radius 3 is 2.62 bits per heavy atom. The largest absolute Gasteiger partial charge is 0.388 e. The molecule has 3 nitrogen and oxygen atoms in total. The van der Waals surface area contributed by atoms with Crippen molar-refractivity contribution in [2.45, 2.75) is 13.8 Å². The molecule has 72 valence electrons. The average Bonchev–Trinajstić information content (AvgIpc) is 2.56. The van der Waals surface area contributed by atoms with Crippen molar-refractivity contribution in [1.82, 2.24) is 4.98 Å². The first-order valence-electron chi connectivity index (χ1n) is 4.19. The molecule has 5 heteroatoms. The quantitative estimate of drug-likeness (QED) is 0.775. The smallest absolute Gasteiger partial charge is 0.185 e. The minimum Gasteiger partial charge on any atom is -0.388 e. The van der Waals surface area contributed by atoms with E-state index in [1.807, 2.05) is 5.38 Å². The lowest BCUT2D eigenvalue weighted by Crippen LogP contribution is -2.22. The van der Waals surface area contributed by atoms with E-state index in [0.29, 0.717) is 4.99 Å². The van der Waals surface area contributed by atoms with Crippen molar-refractivity contribution >= 4 is 33.7 Å². The van der Waals surface area contributed by atoms with Crippen LogP contribution in [-0.4, -0.2) is 23.1 Å². The van der Waals surface area contributed by atoms with Crippen LogP contribution in [0.25, 0.3) is 0 Å². The van der Waals surface area contributed by atoms with Gasteiger partial charge >= 0.3 is 0 Å². The molecule has 0 saturated heterocycles. The second-order valence-corrected chi connectivity index (χ2v) is 3.83. The summed E-state index contributed by atoms with van der Waals surface area (Å²) in [6.07, 6.45) is 0. The molecule has 1 heterocycles. The van der Waals surface area contributed by atoms with Gasteiger partial charge in [0.25, 0.3) is 0 Å². The summed E-state index contributed by atoms with van der Waals surface area (Å²) in [6, 6.07) is 0. The highest BCUT2D eigenvalue weighted by Gasteiger charge is 2.08. The molecule has 0 unspecified atom stereocenters. The number of nitrogens with two attached hydrogens (primary N) is 1. The van der Waals surface area contributed by atoms with E-state index >= 15 is 0 Å². The van der Waals surface area contributed by atoms with Crippen molar-refractivity contribution in [2.24, 2.45) is 5.73 Å². The van der Waals surface area contributed by atoms with Crippen LogP contribution >= 0.6 is 23.6 Å². The summed E-state index contributed by atoms with van der Waals surface area (Å²) < 4.78 is 0. The van der Waals surface area contributed by atoms with Crippen molar-refractivity contribution in [3.8, 4) is 0 Å². The highest BCUT2D eigenvalue weighted by molar-refractivity contribution is 7.80. The number of hydrogen-bond donors (Lipinski definition) is 1. The molecule has 1 aromatic heterocycles. The normalized spacial score (nSPS) is 10.0. The summed E-state index contributed by atoms with van der Waals surface area (Å²) in [4.78, 5) is 6.87. The van der Waals surface area contributed by atoms with Crippen LogP contribution < -0.4 is 10.6 Å². The van der Waals surface area contributed by atoms with Gasteiger partial charge in [0.15, 0.2) is 5.13 Å². The molecule has 0 bridgehead atoms. The SMILES string of the molecule is CCN(CC)c1nc(C(N)=S)cs1. The highest BCUT2D eigenvalue weighted by atomic mass is 32.1. The fraction of sp³-hybridized carbons (Fsp3) is 0.500. The molecule has 0 aliphatic rings. The molecular weight excluding hydrogens is 202 g/mol. The molecule has 0 spiro atoms. The lowest BCUT2D eigenvalue weighted by Gasteiger charge is -2.16. The Balaban J connectivity index is 2.84. The maximum Gasteiger partial charge on any atom is 0.185 e. The number of thiocarbonyl (C=S) groups is 1. The van der Waals surface area contributed by atoms with Gasteiger partial charge in [0.2, 0.25) is 0 Å². The second-order valence-electron chi connectivity index (χ2n) is 2.55. The number of nitrogens with zero attached hydrogens (tertiary/aromatic N) is 2. The highest BCUT2D eigenvalue weighted by Crippen LogP contribution is 2.19. The molecule has 0 aliphatic heterocycles. The third-order valence-electron chi connectivity index (χ3n) is 1.78. The standard InChI is InChI=1S/C8H13N3S2/c1-3-11(4-2)8-10-6(5-13-8)7(9)12/h5H,3-4H2,1-2H3,(H2,9,12). The second kappa shape index (κ2) is 4.53. The molecular formula is C8H13N3S2. The Hall–Kier alpha value is -0.680. The summed E-state index contributed by atoms with van der Waals surface area (Å²) in [5.41, 5.74) is 6.19. The van der Waals surface area contributed by atoms with E-state index in [0.717, 1.165) is 23.9 Å². The van der Waals surface area contributed by atoms with Crippen molar-refractivity contribution in [3.05, 3.63) is 11.1 Å². The number of anilines is 1. The van der Waals surface area contributed by atoms with Gasteiger partial charge < -0.3 is 10.6 Å². The fourth-order valence-electron chi connectivity index (χ4n) is 1.02. The van der Waals surface area contributed by atoms with E-state index in [-0.39, 0.29) is 0 Å². The molecule has 1 rings (SSSR count). The Bertz CT molecular complexity index is 291. The van der Waals surface area contributed by atoms with Crippen LogP contribution in [0.1, 0.15) is 19.5 Å². The Labute approximate surface area is 87.6 Å². The van der Waals surface area contributed by atoms with Crippen LogP contribution in [-0.2, 0) is 0 Å². The molecule has 0 radical (unpaired) electrons. The van der Waals surface area contributed by atoms with Gasteiger partial charge in [-0.3, -0.25) is 0 Å². The van der Waals surface area contributed by atoms with Gasteiger partial charge in [-0.2, -0.15) is 0 Å². The first kappa shape index (κ1) is 10.4. The molecule has 0 saturated carbocycles. The van der Waals surface area contributed by atoms with Crippen molar-refractivity contribution in [1.29, 1.82) is 0 Å². The molecule has 1 aromatic rings. The zero-order valence-electron chi connectivity index (χ0n) is 7.78. The lowest BCUT2D eigenvalue weighted by molar-refractivity contribution is 0.859. The van der Waals surface area contributed by atoms with Crippen LogP contribution in [0.3, 0.4) is 0 Å².